The molecule has 14 heteroatoms. The Hall–Kier alpha value is -3.58. The van der Waals surface area contributed by atoms with E-state index in [0.717, 1.165) is 0 Å². The number of rotatable bonds is 9. The Morgan fingerprint density at radius 3 is 2.55 bits per heavy atom. The number of piperidine rings is 1. The highest BCUT2D eigenvalue weighted by molar-refractivity contribution is 6.32. The van der Waals surface area contributed by atoms with Gasteiger partial charge in [0.2, 0.25) is 11.9 Å². The molecular formula is C26H33ClF2N8O3. The monoisotopic (exact) mass is 578 g/mol. The summed E-state index contributed by atoms with van der Waals surface area (Å²) in [7, 11) is 1.50. The first-order chi connectivity index (χ1) is 18.9. The maximum absolute atomic E-state index is 14.3. The number of aromatic nitrogens is 4. The van der Waals surface area contributed by atoms with E-state index >= 15 is 0 Å². The second-order valence-corrected chi connectivity index (χ2v) is 10.5. The maximum Gasteiger partial charge on any atom is 0.316 e. The van der Waals surface area contributed by atoms with Gasteiger partial charge in [0, 0.05) is 57.2 Å². The van der Waals surface area contributed by atoms with Gasteiger partial charge in [-0.2, -0.15) is 4.98 Å². The highest BCUT2D eigenvalue weighted by Gasteiger charge is 2.47. The van der Waals surface area contributed by atoms with E-state index in [9.17, 15) is 23.2 Å². The van der Waals surface area contributed by atoms with Crippen LogP contribution in [0.3, 0.4) is 0 Å². The molecule has 1 aromatic carbocycles. The van der Waals surface area contributed by atoms with E-state index in [0.29, 0.717) is 36.2 Å². The number of hydrogen-bond donors (Lipinski definition) is 3. The summed E-state index contributed by atoms with van der Waals surface area (Å²) in [6, 6.07) is 5.02. The maximum atomic E-state index is 14.3. The normalized spacial score (nSPS) is 18.6. The van der Waals surface area contributed by atoms with Gasteiger partial charge in [-0.25, -0.2) is 13.8 Å². The number of anilines is 3. The van der Waals surface area contributed by atoms with Crippen LogP contribution in [0.4, 0.5) is 26.2 Å². The fourth-order valence-corrected chi connectivity index (χ4v) is 4.93. The van der Waals surface area contributed by atoms with E-state index in [2.05, 4.69) is 20.6 Å². The van der Waals surface area contributed by atoms with Gasteiger partial charge in [0.1, 0.15) is 5.02 Å². The number of amides is 1. The smallest absolute Gasteiger partial charge is 0.316 e. The number of nitrogens with one attached hydrogen (secondary N) is 2. The number of fused-ring (bicyclic) bond motifs is 1. The summed E-state index contributed by atoms with van der Waals surface area (Å²) in [5.41, 5.74) is 5.41. The van der Waals surface area contributed by atoms with Gasteiger partial charge in [-0.3, -0.25) is 14.4 Å². The highest BCUT2D eigenvalue weighted by Crippen LogP contribution is 2.38. The van der Waals surface area contributed by atoms with Crippen molar-refractivity contribution in [3.05, 3.63) is 50.1 Å². The molecule has 0 bridgehead atoms. The Morgan fingerprint density at radius 1 is 1.18 bits per heavy atom. The van der Waals surface area contributed by atoms with Crippen LogP contribution in [0.1, 0.15) is 26.7 Å². The Morgan fingerprint density at radius 2 is 1.88 bits per heavy atom. The third kappa shape index (κ3) is 5.94. The first-order valence-electron chi connectivity index (χ1n) is 13.1. The van der Waals surface area contributed by atoms with Gasteiger partial charge in [0.05, 0.1) is 17.2 Å². The predicted octanol–water partition coefficient (Wildman–Crippen LogP) is 2.47. The van der Waals surface area contributed by atoms with Crippen LogP contribution in [0.5, 0.6) is 0 Å². The first-order valence-corrected chi connectivity index (χ1v) is 13.4. The van der Waals surface area contributed by atoms with Crippen LogP contribution >= 0.6 is 11.6 Å². The molecule has 2 atom stereocenters. The van der Waals surface area contributed by atoms with Crippen molar-refractivity contribution in [2.45, 2.75) is 39.2 Å². The fraction of sp³-hybridized carbons (Fsp3) is 0.500. The van der Waals surface area contributed by atoms with Crippen molar-refractivity contribution in [3.8, 4) is 0 Å². The van der Waals surface area contributed by atoms with Crippen molar-refractivity contribution in [1.82, 2.24) is 24.4 Å². The zero-order chi connectivity index (χ0) is 29.2. The number of aryl methyl sites for hydroxylation is 2. The second-order valence-electron chi connectivity index (χ2n) is 10.1. The Labute approximate surface area is 234 Å². The number of hydrogen-bond acceptors (Lipinski definition) is 8. The first kappa shape index (κ1) is 29.4. The number of carbonyl (C=O) groups is 1. The summed E-state index contributed by atoms with van der Waals surface area (Å²) in [6.45, 7) is 4.06. The van der Waals surface area contributed by atoms with Crippen LogP contribution in [0.25, 0.3) is 11.0 Å². The second kappa shape index (κ2) is 11.9. The quantitative estimate of drug-likeness (QED) is 0.260. The van der Waals surface area contributed by atoms with Crippen molar-refractivity contribution in [1.29, 1.82) is 0 Å². The number of halogens is 3. The van der Waals surface area contributed by atoms with E-state index in [1.165, 1.54) is 36.2 Å². The molecule has 0 aliphatic carbocycles. The van der Waals surface area contributed by atoms with Gasteiger partial charge < -0.3 is 30.4 Å². The van der Waals surface area contributed by atoms with Crippen LogP contribution in [0, 0.1) is 11.8 Å². The fourth-order valence-electron chi connectivity index (χ4n) is 4.80. The molecule has 1 fully saturated rings. The minimum absolute atomic E-state index is 0.00228. The molecule has 40 heavy (non-hydrogen) atoms. The van der Waals surface area contributed by atoms with Crippen molar-refractivity contribution in [2.75, 3.05) is 36.4 Å². The molecule has 0 unspecified atom stereocenters. The van der Waals surface area contributed by atoms with Crippen LogP contribution in [0.2, 0.25) is 5.02 Å². The van der Waals surface area contributed by atoms with Gasteiger partial charge in [0.25, 0.3) is 5.92 Å². The molecule has 1 aliphatic heterocycles. The van der Waals surface area contributed by atoms with E-state index in [4.69, 9.17) is 17.3 Å². The Kier molecular flexibility index (Phi) is 8.74. The summed E-state index contributed by atoms with van der Waals surface area (Å²) in [6.07, 6.45) is 2.03. The highest BCUT2D eigenvalue weighted by atomic mass is 35.5. The molecule has 1 amide bonds. The molecule has 2 aromatic heterocycles. The molecule has 4 N–H and O–H groups in total. The molecule has 3 heterocycles. The number of carbonyl (C=O) groups excluding carboxylic acids is 1. The lowest BCUT2D eigenvalue weighted by Gasteiger charge is -2.41. The van der Waals surface area contributed by atoms with Crippen molar-refractivity contribution < 1.29 is 13.6 Å². The zero-order valence-electron chi connectivity index (χ0n) is 22.6. The average Bonchev–Trinajstić information content (AvgIpc) is 2.91. The average molecular weight is 579 g/mol. The Balaban J connectivity index is 1.63. The lowest BCUT2D eigenvalue weighted by molar-refractivity contribution is -0.121. The molecule has 1 saturated heterocycles. The van der Waals surface area contributed by atoms with E-state index in [-0.39, 0.29) is 48.8 Å². The number of alkyl halides is 2. The molecule has 1 aliphatic rings. The number of nitrogens with two attached hydrogens (primary N) is 1. The molecular weight excluding hydrogens is 546 g/mol. The lowest BCUT2D eigenvalue weighted by Crippen LogP contribution is -2.52. The minimum Gasteiger partial charge on any atom is -0.356 e. The lowest BCUT2D eigenvalue weighted by atomic mass is 9.87. The van der Waals surface area contributed by atoms with Crippen LogP contribution in [0.15, 0.2) is 34.0 Å². The summed E-state index contributed by atoms with van der Waals surface area (Å²) in [4.78, 5) is 48.1. The molecule has 0 radical (unpaired) electrons. The van der Waals surface area contributed by atoms with Gasteiger partial charge >= 0.3 is 11.1 Å². The van der Waals surface area contributed by atoms with Gasteiger partial charge in [-0.1, -0.05) is 25.4 Å². The SMILES string of the molecule is C[C@@H]1CN(c2ncc(Cl)c(Nc3ccc4c(c3)n(CCC(=O)NCCCN)c(=O)c(=O)n4C)n2)C[C@H](C)C1(F)F. The van der Waals surface area contributed by atoms with Gasteiger partial charge in [-0.15, -0.1) is 0 Å². The minimum atomic E-state index is -2.78. The van der Waals surface area contributed by atoms with Crippen molar-refractivity contribution >= 4 is 46.0 Å². The summed E-state index contributed by atoms with van der Waals surface area (Å²) in [5, 5.41) is 6.05. The molecule has 3 aromatic rings. The van der Waals surface area contributed by atoms with E-state index < -0.39 is 28.9 Å². The van der Waals surface area contributed by atoms with Crippen LogP contribution in [-0.2, 0) is 18.4 Å². The van der Waals surface area contributed by atoms with Gasteiger partial charge in [0.15, 0.2) is 5.82 Å². The van der Waals surface area contributed by atoms with Crippen LogP contribution in [-0.4, -0.2) is 57.1 Å². The van der Waals surface area contributed by atoms with Crippen molar-refractivity contribution in [2.24, 2.45) is 24.6 Å². The van der Waals surface area contributed by atoms with Crippen molar-refractivity contribution in [3.63, 3.8) is 0 Å². The van der Waals surface area contributed by atoms with E-state index in [1.54, 1.807) is 23.1 Å². The standard InChI is InChI=1S/C26H33ClF2N8O3/c1-15-13-36(14-16(2)26(15,28)29)25-32-12-18(27)22(34-25)33-17-5-6-19-20(11-17)37(24(40)23(39)35(19)3)10-7-21(38)31-9-4-8-30/h5-6,11-12,15-16H,4,7-10,13-14,30H2,1-3H3,(H,31,38)(H,32,33,34)/t15-,16+. The molecule has 11 nitrogen and oxygen atoms in total. The molecule has 0 saturated carbocycles. The third-order valence-electron chi connectivity index (χ3n) is 7.21. The summed E-state index contributed by atoms with van der Waals surface area (Å²) < 4.78 is 31.2. The zero-order valence-corrected chi connectivity index (χ0v) is 23.3. The predicted molar refractivity (Wildman–Crippen MR) is 151 cm³/mol. The van der Waals surface area contributed by atoms with Gasteiger partial charge in [-0.05, 0) is 31.2 Å². The number of benzene rings is 1. The summed E-state index contributed by atoms with van der Waals surface area (Å²) in [5.74, 6) is -4.28. The summed E-state index contributed by atoms with van der Waals surface area (Å²) >= 11 is 6.37. The largest absolute Gasteiger partial charge is 0.356 e. The van der Waals surface area contributed by atoms with E-state index in [1.807, 2.05) is 0 Å². The Bertz CT molecular complexity index is 1510. The molecule has 4 rings (SSSR count). The third-order valence-corrected chi connectivity index (χ3v) is 7.48. The number of nitrogens with zero attached hydrogens (tertiary/aromatic N) is 5. The van der Waals surface area contributed by atoms with Crippen LogP contribution < -0.4 is 32.4 Å². The molecule has 216 valence electrons. The topological polar surface area (TPSA) is 140 Å². The molecule has 0 spiro atoms.